The van der Waals surface area contributed by atoms with Gasteiger partial charge in [-0.3, -0.25) is 4.90 Å². The van der Waals surface area contributed by atoms with Crippen molar-refractivity contribution >= 4 is 0 Å². The van der Waals surface area contributed by atoms with E-state index in [4.69, 9.17) is 10.8 Å². The van der Waals surface area contributed by atoms with Crippen molar-refractivity contribution < 1.29 is 0 Å². The fourth-order valence-corrected chi connectivity index (χ4v) is 4.14. The maximum atomic E-state index is 6.31. The van der Waals surface area contributed by atoms with Gasteiger partial charge in [-0.15, -0.1) is 0 Å². The quantitative estimate of drug-likeness (QED) is 0.946. The summed E-state index contributed by atoms with van der Waals surface area (Å²) in [6, 6.07) is 12.8. The number of hydrogen-bond donors (Lipinski definition) is 1. The predicted octanol–water partition coefficient (Wildman–Crippen LogP) is 2.43. The molecular formula is C18H24N4. The lowest BCUT2D eigenvalue weighted by Crippen LogP contribution is -2.38. The average Bonchev–Trinajstić information content (AvgIpc) is 3.16. The number of benzene rings is 1. The van der Waals surface area contributed by atoms with E-state index in [1.165, 1.54) is 25.8 Å². The van der Waals surface area contributed by atoms with Crippen LogP contribution >= 0.6 is 0 Å². The topological polar surface area (TPSA) is 47.1 Å². The maximum Gasteiger partial charge on any atom is 0.0769 e. The summed E-state index contributed by atoms with van der Waals surface area (Å²) in [5.74, 6) is 1.50. The van der Waals surface area contributed by atoms with Gasteiger partial charge in [-0.1, -0.05) is 24.6 Å². The number of para-hydroxylation sites is 1. The zero-order valence-electron chi connectivity index (χ0n) is 12.9. The molecule has 2 aromatic rings. The molecule has 4 heteroatoms. The molecular weight excluding hydrogens is 272 g/mol. The van der Waals surface area contributed by atoms with Gasteiger partial charge in [0.2, 0.25) is 0 Å². The Labute approximate surface area is 131 Å². The van der Waals surface area contributed by atoms with Gasteiger partial charge >= 0.3 is 0 Å². The number of nitrogens with zero attached hydrogens (tertiary/aromatic N) is 3. The summed E-state index contributed by atoms with van der Waals surface area (Å²) in [6.07, 6.45) is 5.92. The van der Waals surface area contributed by atoms with Gasteiger partial charge in [0.05, 0.1) is 11.4 Å². The molecule has 3 atom stereocenters. The van der Waals surface area contributed by atoms with Crippen LogP contribution in [0.5, 0.6) is 0 Å². The minimum absolute atomic E-state index is 0.408. The van der Waals surface area contributed by atoms with Crippen LogP contribution in [0.2, 0.25) is 0 Å². The molecule has 0 bridgehead atoms. The molecule has 0 spiro atoms. The highest BCUT2D eigenvalue weighted by atomic mass is 15.3. The smallest absolute Gasteiger partial charge is 0.0769 e. The lowest BCUT2D eigenvalue weighted by Gasteiger charge is -2.29. The summed E-state index contributed by atoms with van der Waals surface area (Å²) in [7, 11) is 0. The van der Waals surface area contributed by atoms with Crippen LogP contribution in [0.1, 0.15) is 25.0 Å². The lowest BCUT2D eigenvalue weighted by atomic mass is 9.78. The summed E-state index contributed by atoms with van der Waals surface area (Å²) < 4.78 is 1.96. The maximum absolute atomic E-state index is 6.31. The summed E-state index contributed by atoms with van der Waals surface area (Å²) in [6.45, 7) is 3.28. The average molecular weight is 296 g/mol. The first-order chi connectivity index (χ1) is 10.8. The van der Waals surface area contributed by atoms with Gasteiger partial charge in [-0.25, -0.2) is 4.68 Å². The first kappa shape index (κ1) is 14.0. The number of likely N-dealkylation sites (tertiary alicyclic amines) is 1. The molecule has 1 saturated carbocycles. The second kappa shape index (κ2) is 5.86. The van der Waals surface area contributed by atoms with Gasteiger partial charge in [0.25, 0.3) is 0 Å². The molecule has 2 N–H and O–H groups in total. The van der Waals surface area contributed by atoms with Crippen LogP contribution in [0.3, 0.4) is 0 Å². The van der Waals surface area contributed by atoms with Gasteiger partial charge in [0, 0.05) is 31.9 Å². The number of hydrogen-bond acceptors (Lipinski definition) is 3. The Bertz CT molecular complexity index is 621. The first-order valence-corrected chi connectivity index (χ1v) is 8.37. The van der Waals surface area contributed by atoms with E-state index < -0.39 is 0 Å². The van der Waals surface area contributed by atoms with E-state index in [0.29, 0.717) is 12.0 Å². The molecule has 4 nitrogen and oxygen atoms in total. The van der Waals surface area contributed by atoms with Crippen molar-refractivity contribution in [3.05, 3.63) is 48.3 Å². The summed E-state index contributed by atoms with van der Waals surface area (Å²) in [5, 5.41) is 4.72. The monoisotopic (exact) mass is 296 g/mol. The third-order valence-corrected chi connectivity index (χ3v) is 5.28. The van der Waals surface area contributed by atoms with Crippen LogP contribution in [-0.4, -0.2) is 33.8 Å². The highest BCUT2D eigenvalue weighted by molar-refractivity contribution is 5.30. The van der Waals surface area contributed by atoms with Crippen LogP contribution in [0.15, 0.2) is 42.6 Å². The van der Waals surface area contributed by atoms with E-state index in [9.17, 15) is 0 Å². The Morgan fingerprint density at radius 2 is 1.95 bits per heavy atom. The molecule has 1 aliphatic heterocycles. The number of fused-ring (bicyclic) bond motifs is 1. The SMILES string of the molecule is NC1CCCC2CN(Cc3ccn(-c4ccccc4)n3)CC12. The Balaban J connectivity index is 1.43. The van der Waals surface area contributed by atoms with E-state index in [2.05, 4.69) is 29.3 Å². The first-order valence-electron chi connectivity index (χ1n) is 8.37. The third-order valence-electron chi connectivity index (χ3n) is 5.28. The van der Waals surface area contributed by atoms with E-state index in [-0.39, 0.29) is 0 Å². The molecule has 116 valence electrons. The van der Waals surface area contributed by atoms with Crippen molar-refractivity contribution in [2.24, 2.45) is 17.6 Å². The standard InChI is InChI=1S/C18H24N4/c19-18-8-4-5-14-11-21(13-17(14)18)12-15-9-10-22(20-15)16-6-2-1-3-7-16/h1-3,6-7,9-10,14,17-18H,4-5,8,11-13,19H2. The van der Waals surface area contributed by atoms with Crippen molar-refractivity contribution in [2.45, 2.75) is 31.8 Å². The summed E-state index contributed by atoms with van der Waals surface area (Å²) in [5.41, 5.74) is 8.57. The summed E-state index contributed by atoms with van der Waals surface area (Å²) >= 11 is 0. The number of aromatic nitrogens is 2. The van der Waals surface area contributed by atoms with Crippen LogP contribution in [0, 0.1) is 11.8 Å². The van der Waals surface area contributed by atoms with Crippen molar-refractivity contribution in [1.29, 1.82) is 0 Å². The molecule has 2 fully saturated rings. The number of rotatable bonds is 3. The van der Waals surface area contributed by atoms with E-state index >= 15 is 0 Å². The Morgan fingerprint density at radius 1 is 1.09 bits per heavy atom. The second-order valence-electron chi connectivity index (χ2n) is 6.80. The van der Waals surface area contributed by atoms with Crippen LogP contribution in [0.25, 0.3) is 5.69 Å². The van der Waals surface area contributed by atoms with E-state index in [0.717, 1.165) is 30.4 Å². The van der Waals surface area contributed by atoms with Gasteiger partial charge in [-0.05, 0) is 42.9 Å². The fourth-order valence-electron chi connectivity index (χ4n) is 4.14. The molecule has 1 aromatic heterocycles. The van der Waals surface area contributed by atoms with Crippen LogP contribution in [0.4, 0.5) is 0 Å². The molecule has 2 aliphatic rings. The van der Waals surface area contributed by atoms with E-state index in [1.54, 1.807) is 0 Å². The molecule has 22 heavy (non-hydrogen) atoms. The molecule has 4 rings (SSSR count). The molecule has 3 unspecified atom stereocenters. The molecule has 1 aromatic carbocycles. The molecule has 1 aliphatic carbocycles. The van der Waals surface area contributed by atoms with Gasteiger partial charge < -0.3 is 5.73 Å². The largest absolute Gasteiger partial charge is 0.327 e. The van der Waals surface area contributed by atoms with Crippen molar-refractivity contribution in [1.82, 2.24) is 14.7 Å². The van der Waals surface area contributed by atoms with Crippen molar-refractivity contribution in [3.63, 3.8) is 0 Å². The van der Waals surface area contributed by atoms with Crippen LogP contribution < -0.4 is 5.73 Å². The molecule has 1 saturated heterocycles. The Morgan fingerprint density at radius 3 is 2.77 bits per heavy atom. The van der Waals surface area contributed by atoms with Gasteiger partial charge in [0.1, 0.15) is 0 Å². The highest BCUT2D eigenvalue weighted by Crippen LogP contribution is 2.35. The molecule has 2 heterocycles. The van der Waals surface area contributed by atoms with Crippen LogP contribution in [-0.2, 0) is 6.54 Å². The Hall–Kier alpha value is -1.65. The fraction of sp³-hybridized carbons (Fsp3) is 0.500. The van der Waals surface area contributed by atoms with Gasteiger partial charge in [-0.2, -0.15) is 5.10 Å². The second-order valence-corrected chi connectivity index (χ2v) is 6.80. The zero-order chi connectivity index (χ0) is 14.9. The normalized spacial score (nSPS) is 28.7. The van der Waals surface area contributed by atoms with Crippen molar-refractivity contribution in [3.8, 4) is 5.69 Å². The minimum atomic E-state index is 0.408. The minimum Gasteiger partial charge on any atom is -0.327 e. The van der Waals surface area contributed by atoms with Gasteiger partial charge in [0.15, 0.2) is 0 Å². The zero-order valence-corrected chi connectivity index (χ0v) is 12.9. The lowest BCUT2D eigenvalue weighted by molar-refractivity contribution is 0.259. The predicted molar refractivity (Wildman–Crippen MR) is 87.6 cm³/mol. The highest BCUT2D eigenvalue weighted by Gasteiger charge is 2.38. The van der Waals surface area contributed by atoms with Crippen molar-refractivity contribution in [2.75, 3.05) is 13.1 Å². The third kappa shape index (κ3) is 2.69. The molecule has 0 amide bonds. The number of nitrogens with two attached hydrogens (primary N) is 1. The van der Waals surface area contributed by atoms with E-state index in [1.807, 2.05) is 22.9 Å². The Kier molecular flexibility index (Phi) is 3.72. The molecule has 0 radical (unpaired) electrons. The summed E-state index contributed by atoms with van der Waals surface area (Å²) in [4.78, 5) is 2.54.